The van der Waals surface area contributed by atoms with Crippen LogP contribution in [0, 0.1) is 0 Å². The molecule has 1 unspecified atom stereocenters. The van der Waals surface area contributed by atoms with Gasteiger partial charge in [0.05, 0.1) is 39.9 Å². The van der Waals surface area contributed by atoms with Crippen molar-refractivity contribution in [2.45, 2.75) is 161 Å². The van der Waals surface area contributed by atoms with E-state index in [1.165, 1.54) is 89.9 Å². The molecular weight excluding hydrogens is 563 g/mol. The Labute approximate surface area is 265 Å². The molecule has 0 aromatic carbocycles. The van der Waals surface area contributed by atoms with Gasteiger partial charge in [-0.05, 0) is 19.3 Å². The molecule has 9 heteroatoms. The Morgan fingerprint density at radius 1 is 0.767 bits per heavy atom. The van der Waals surface area contributed by atoms with Gasteiger partial charge < -0.3 is 19.8 Å². The maximum absolute atomic E-state index is 12.6. The summed E-state index contributed by atoms with van der Waals surface area (Å²) in [7, 11) is 1.57. The van der Waals surface area contributed by atoms with E-state index in [1.807, 2.05) is 27.2 Å². The van der Waals surface area contributed by atoms with E-state index >= 15 is 0 Å². The first-order valence-corrected chi connectivity index (χ1v) is 19.1. The average Bonchev–Trinajstić information content (AvgIpc) is 2.94. The second-order valence-electron chi connectivity index (χ2n) is 13.3. The first kappa shape index (κ1) is 42.2. The molecule has 0 aliphatic carbocycles. The van der Waals surface area contributed by atoms with E-state index < -0.39 is 20.0 Å². The van der Waals surface area contributed by atoms with Crippen LogP contribution in [0.4, 0.5) is 0 Å². The molecule has 3 N–H and O–H groups in total. The predicted octanol–water partition coefficient (Wildman–Crippen LogP) is 8.46. The summed E-state index contributed by atoms with van der Waals surface area (Å²) in [4.78, 5) is 22.8. The Bertz CT molecular complexity index is 728. The normalized spacial score (nSPS) is 15.0. The SMILES string of the molecule is CCCCCCCCCCCCCC/C=C/[C@H](O)[C@@H](COP(=O)(O)OCC[N+](C)(C)C)NC(=O)CCCCCCCCC. The Hall–Kier alpha value is -0.760. The quantitative estimate of drug-likeness (QED) is 0.0306. The van der Waals surface area contributed by atoms with E-state index in [0.29, 0.717) is 17.4 Å². The number of quaternary nitrogens is 1. The van der Waals surface area contributed by atoms with Crippen LogP contribution in [0.5, 0.6) is 0 Å². The second-order valence-corrected chi connectivity index (χ2v) is 14.7. The molecule has 0 aromatic rings. The molecule has 0 fully saturated rings. The summed E-state index contributed by atoms with van der Waals surface area (Å²) < 4.78 is 23.3. The number of allylic oxidation sites excluding steroid dienone is 1. The smallest absolute Gasteiger partial charge is 0.387 e. The molecule has 8 nitrogen and oxygen atoms in total. The summed E-state index contributed by atoms with van der Waals surface area (Å²) in [5, 5.41) is 13.6. The molecule has 0 saturated carbocycles. The molecule has 0 heterocycles. The van der Waals surface area contributed by atoms with Crippen molar-refractivity contribution in [3.05, 3.63) is 12.2 Å². The van der Waals surface area contributed by atoms with Crippen molar-refractivity contribution < 1.29 is 32.9 Å². The van der Waals surface area contributed by atoms with E-state index in [1.54, 1.807) is 6.08 Å². The minimum Gasteiger partial charge on any atom is -0.387 e. The lowest BCUT2D eigenvalue weighted by molar-refractivity contribution is -0.870. The number of aliphatic hydroxyl groups is 1. The fourth-order valence-electron chi connectivity index (χ4n) is 4.86. The van der Waals surface area contributed by atoms with Gasteiger partial charge in [-0.3, -0.25) is 13.8 Å². The first-order valence-electron chi connectivity index (χ1n) is 17.6. The second kappa shape index (κ2) is 27.5. The van der Waals surface area contributed by atoms with Gasteiger partial charge in [-0.25, -0.2) is 4.57 Å². The molecule has 256 valence electrons. The monoisotopic (exact) mass is 633 g/mol. The molecule has 0 saturated heterocycles. The maximum atomic E-state index is 12.6. The largest absolute Gasteiger partial charge is 0.472 e. The van der Waals surface area contributed by atoms with Gasteiger partial charge in [0.15, 0.2) is 0 Å². The van der Waals surface area contributed by atoms with Crippen molar-refractivity contribution in [3.63, 3.8) is 0 Å². The van der Waals surface area contributed by atoms with Gasteiger partial charge in [0.2, 0.25) is 5.91 Å². The average molecular weight is 634 g/mol. The number of phosphoric acid groups is 1. The summed E-state index contributed by atoms with van der Waals surface area (Å²) in [6.07, 6.45) is 27.1. The lowest BCUT2D eigenvalue weighted by Gasteiger charge is -2.25. The molecule has 0 rings (SSSR count). The standard InChI is InChI=1S/C34H69N2O6P/c1-6-8-10-12-14-15-16-17-18-19-20-22-23-25-27-33(37)32(31-42-43(39,40)41-30-29-36(3,4)5)35-34(38)28-26-24-21-13-11-9-7-2/h25,27,32-33,37H,6-24,26,28-31H2,1-5H3,(H-,35,38,39,40)/p+1/b27-25+/t32-,33+/m1/s1. The topological polar surface area (TPSA) is 105 Å². The fourth-order valence-corrected chi connectivity index (χ4v) is 5.60. The maximum Gasteiger partial charge on any atom is 0.472 e. The van der Waals surface area contributed by atoms with Crippen molar-refractivity contribution in [1.29, 1.82) is 0 Å². The van der Waals surface area contributed by atoms with E-state index in [0.717, 1.165) is 38.5 Å². The van der Waals surface area contributed by atoms with Crippen molar-refractivity contribution >= 4 is 13.7 Å². The highest BCUT2D eigenvalue weighted by Crippen LogP contribution is 2.43. The van der Waals surface area contributed by atoms with Crippen LogP contribution in [0.3, 0.4) is 0 Å². The third kappa shape index (κ3) is 29.7. The Morgan fingerprint density at radius 3 is 1.72 bits per heavy atom. The van der Waals surface area contributed by atoms with Crippen LogP contribution in [-0.4, -0.2) is 73.4 Å². The van der Waals surface area contributed by atoms with Crippen LogP contribution in [-0.2, 0) is 18.4 Å². The van der Waals surface area contributed by atoms with Crippen molar-refractivity contribution in [2.75, 3.05) is 40.9 Å². The van der Waals surface area contributed by atoms with Crippen LogP contribution in [0.15, 0.2) is 12.2 Å². The van der Waals surface area contributed by atoms with Gasteiger partial charge in [-0.2, -0.15) is 0 Å². The fraction of sp³-hybridized carbons (Fsp3) is 0.912. The number of aliphatic hydroxyl groups excluding tert-OH is 1. The zero-order valence-electron chi connectivity index (χ0n) is 28.7. The molecular formula is C34H70N2O6P+. The molecule has 0 aliphatic rings. The highest BCUT2D eigenvalue weighted by atomic mass is 31.2. The Balaban J connectivity index is 4.54. The van der Waals surface area contributed by atoms with E-state index in [9.17, 15) is 19.4 Å². The number of carbonyl (C=O) groups is 1. The van der Waals surface area contributed by atoms with Crippen LogP contribution in [0.25, 0.3) is 0 Å². The van der Waals surface area contributed by atoms with Gasteiger partial charge in [-0.15, -0.1) is 0 Å². The van der Waals surface area contributed by atoms with Crippen molar-refractivity contribution in [1.82, 2.24) is 5.32 Å². The molecule has 0 aliphatic heterocycles. The predicted molar refractivity (Wildman–Crippen MR) is 180 cm³/mol. The third-order valence-corrected chi connectivity index (χ3v) is 8.74. The molecule has 0 radical (unpaired) electrons. The number of phosphoric ester groups is 1. The summed E-state index contributed by atoms with van der Waals surface area (Å²) in [5.41, 5.74) is 0. The lowest BCUT2D eigenvalue weighted by atomic mass is 10.0. The number of nitrogens with zero attached hydrogens (tertiary/aromatic N) is 1. The minimum atomic E-state index is -4.31. The van der Waals surface area contributed by atoms with E-state index in [-0.39, 0.29) is 19.1 Å². The zero-order chi connectivity index (χ0) is 32.2. The summed E-state index contributed by atoms with van der Waals surface area (Å²) in [6, 6.07) is -0.835. The van der Waals surface area contributed by atoms with Gasteiger partial charge in [0, 0.05) is 6.42 Å². The number of carbonyl (C=O) groups excluding carboxylic acids is 1. The number of unbranched alkanes of at least 4 members (excludes halogenated alkanes) is 18. The molecule has 0 spiro atoms. The highest BCUT2D eigenvalue weighted by Gasteiger charge is 2.27. The van der Waals surface area contributed by atoms with Crippen molar-refractivity contribution in [2.24, 2.45) is 0 Å². The minimum absolute atomic E-state index is 0.0636. The van der Waals surface area contributed by atoms with Crippen LogP contribution >= 0.6 is 7.82 Å². The number of rotatable bonds is 31. The van der Waals surface area contributed by atoms with Crippen LogP contribution < -0.4 is 5.32 Å². The van der Waals surface area contributed by atoms with Crippen molar-refractivity contribution in [3.8, 4) is 0 Å². The van der Waals surface area contributed by atoms with Gasteiger partial charge in [0.1, 0.15) is 13.2 Å². The number of hydrogen-bond donors (Lipinski definition) is 3. The lowest BCUT2D eigenvalue weighted by Crippen LogP contribution is -2.45. The number of likely N-dealkylation sites (N-methyl/N-ethyl adjacent to an activating group) is 1. The zero-order valence-corrected chi connectivity index (χ0v) is 29.6. The Morgan fingerprint density at radius 2 is 1.23 bits per heavy atom. The molecule has 0 aromatic heterocycles. The van der Waals surface area contributed by atoms with Gasteiger partial charge in [-0.1, -0.05) is 135 Å². The first-order chi connectivity index (χ1) is 20.5. The Kier molecular flexibility index (Phi) is 27.1. The third-order valence-electron chi connectivity index (χ3n) is 7.76. The summed E-state index contributed by atoms with van der Waals surface area (Å²) >= 11 is 0. The van der Waals surface area contributed by atoms with E-state index in [2.05, 4.69) is 19.2 Å². The van der Waals surface area contributed by atoms with Crippen LogP contribution in [0.2, 0.25) is 0 Å². The molecule has 1 amide bonds. The highest BCUT2D eigenvalue weighted by molar-refractivity contribution is 7.47. The number of amides is 1. The molecule has 43 heavy (non-hydrogen) atoms. The number of hydrogen-bond acceptors (Lipinski definition) is 5. The molecule has 0 bridgehead atoms. The van der Waals surface area contributed by atoms with Gasteiger partial charge >= 0.3 is 7.82 Å². The molecule has 3 atom stereocenters. The number of nitrogens with one attached hydrogen (secondary N) is 1. The van der Waals surface area contributed by atoms with E-state index in [4.69, 9.17) is 9.05 Å². The summed E-state index contributed by atoms with van der Waals surface area (Å²) in [5.74, 6) is -0.186. The van der Waals surface area contributed by atoms with Gasteiger partial charge in [0.25, 0.3) is 0 Å². The van der Waals surface area contributed by atoms with Crippen LogP contribution in [0.1, 0.15) is 149 Å². The summed E-state index contributed by atoms with van der Waals surface area (Å²) in [6.45, 7) is 4.74.